The van der Waals surface area contributed by atoms with E-state index in [4.69, 9.17) is 0 Å². The predicted molar refractivity (Wildman–Crippen MR) is 91.0 cm³/mol. The van der Waals surface area contributed by atoms with Crippen LogP contribution in [-0.2, 0) is 0 Å². The fourth-order valence-corrected chi connectivity index (χ4v) is 4.41. The number of halogens is 3. The minimum atomic E-state index is -0.218. The molecule has 20 heavy (non-hydrogen) atoms. The lowest BCUT2D eigenvalue weighted by Crippen LogP contribution is -2.23. The third-order valence-electron chi connectivity index (χ3n) is 3.05. The Labute approximate surface area is 139 Å². The summed E-state index contributed by atoms with van der Waals surface area (Å²) >= 11 is 8.60. The van der Waals surface area contributed by atoms with Gasteiger partial charge in [0.2, 0.25) is 0 Å². The third-order valence-corrected chi connectivity index (χ3v) is 5.08. The van der Waals surface area contributed by atoms with E-state index in [1.165, 1.54) is 16.5 Å². The molecule has 0 aliphatic heterocycles. The van der Waals surface area contributed by atoms with Gasteiger partial charge in [-0.2, -0.15) is 0 Å². The number of aryl methyl sites for hydroxylation is 1. The zero-order valence-electron chi connectivity index (χ0n) is 11.3. The normalized spacial score (nSPS) is 12.7. The molecule has 1 atom stereocenters. The van der Waals surface area contributed by atoms with Crippen molar-refractivity contribution >= 4 is 43.2 Å². The summed E-state index contributed by atoms with van der Waals surface area (Å²) in [6.07, 6.45) is 1.04. The van der Waals surface area contributed by atoms with E-state index in [9.17, 15) is 4.39 Å². The van der Waals surface area contributed by atoms with E-state index in [0.29, 0.717) is 0 Å². The van der Waals surface area contributed by atoms with Gasteiger partial charge in [0.25, 0.3) is 0 Å². The van der Waals surface area contributed by atoms with Crippen LogP contribution in [0.2, 0.25) is 0 Å². The van der Waals surface area contributed by atoms with Crippen LogP contribution in [0.1, 0.15) is 35.4 Å². The lowest BCUT2D eigenvalue weighted by Gasteiger charge is -2.20. The van der Waals surface area contributed by atoms with Crippen molar-refractivity contribution in [3.8, 4) is 0 Å². The maximum atomic E-state index is 13.7. The van der Waals surface area contributed by atoms with E-state index in [0.717, 1.165) is 26.8 Å². The van der Waals surface area contributed by atoms with Crippen molar-refractivity contribution in [3.63, 3.8) is 0 Å². The van der Waals surface area contributed by atoms with Gasteiger partial charge in [-0.3, -0.25) is 0 Å². The first kappa shape index (κ1) is 16.1. The minimum absolute atomic E-state index is 0.0181. The summed E-state index contributed by atoms with van der Waals surface area (Å²) in [6.45, 7) is 5.12. The molecule has 1 N–H and O–H groups in total. The first-order valence-electron chi connectivity index (χ1n) is 6.46. The molecule has 5 heteroatoms. The van der Waals surface area contributed by atoms with Crippen molar-refractivity contribution < 1.29 is 4.39 Å². The first-order valence-corrected chi connectivity index (χ1v) is 8.86. The number of benzene rings is 1. The molecule has 0 aliphatic carbocycles. The molecule has 0 amide bonds. The minimum Gasteiger partial charge on any atom is -0.306 e. The molecule has 1 aromatic heterocycles. The Morgan fingerprint density at radius 3 is 2.55 bits per heavy atom. The molecule has 1 heterocycles. The van der Waals surface area contributed by atoms with Crippen molar-refractivity contribution in [3.05, 3.63) is 54.3 Å². The number of rotatable bonds is 5. The molecule has 0 saturated carbocycles. The smallest absolute Gasteiger partial charge is 0.124 e. The Morgan fingerprint density at radius 1 is 1.25 bits per heavy atom. The number of hydrogen-bond acceptors (Lipinski definition) is 2. The molecule has 0 radical (unpaired) electrons. The number of hydrogen-bond donors (Lipinski definition) is 1. The van der Waals surface area contributed by atoms with Crippen molar-refractivity contribution in [1.29, 1.82) is 0 Å². The molecule has 0 bridgehead atoms. The summed E-state index contributed by atoms with van der Waals surface area (Å²) in [5.74, 6) is -0.218. The highest BCUT2D eigenvalue weighted by Crippen LogP contribution is 2.34. The topological polar surface area (TPSA) is 12.0 Å². The summed E-state index contributed by atoms with van der Waals surface area (Å²) in [7, 11) is 0. The Bertz CT molecular complexity index is 577. The van der Waals surface area contributed by atoms with Gasteiger partial charge >= 0.3 is 0 Å². The van der Waals surface area contributed by atoms with Gasteiger partial charge in [0.05, 0.1) is 9.83 Å². The van der Waals surface area contributed by atoms with Crippen LogP contribution in [0.3, 0.4) is 0 Å². The van der Waals surface area contributed by atoms with Crippen LogP contribution in [0, 0.1) is 12.7 Å². The van der Waals surface area contributed by atoms with Crippen molar-refractivity contribution in [2.75, 3.05) is 6.54 Å². The highest BCUT2D eigenvalue weighted by molar-refractivity contribution is 9.11. The fourth-order valence-electron chi connectivity index (χ4n) is 2.18. The van der Waals surface area contributed by atoms with Gasteiger partial charge in [-0.05, 0) is 71.2 Å². The molecule has 1 aromatic carbocycles. The molecule has 1 nitrogen and oxygen atoms in total. The van der Waals surface area contributed by atoms with Gasteiger partial charge < -0.3 is 5.32 Å². The molecular weight excluding hydrogens is 405 g/mol. The molecule has 0 spiro atoms. The molecule has 0 fully saturated rings. The van der Waals surface area contributed by atoms with Gasteiger partial charge in [-0.15, -0.1) is 11.3 Å². The molecular formula is C15H16Br2FNS. The summed E-state index contributed by atoms with van der Waals surface area (Å²) in [5.41, 5.74) is 2.14. The van der Waals surface area contributed by atoms with Gasteiger partial charge in [0.15, 0.2) is 0 Å². The molecule has 0 aliphatic rings. The van der Waals surface area contributed by atoms with Crippen LogP contribution in [0.25, 0.3) is 0 Å². The van der Waals surface area contributed by atoms with Crippen molar-refractivity contribution in [2.45, 2.75) is 26.3 Å². The van der Waals surface area contributed by atoms with E-state index >= 15 is 0 Å². The second kappa shape index (κ2) is 7.16. The number of nitrogens with one attached hydrogen (secondary N) is 1. The summed E-state index contributed by atoms with van der Waals surface area (Å²) in [6, 6.07) is 7.19. The molecule has 0 saturated heterocycles. The van der Waals surface area contributed by atoms with E-state index in [-0.39, 0.29) is 11.9 Å². The fraction of sp³-hybridized carbons (Fsp3) is 0.333. The van der Waals surface area contributed by atoms with Crippen molar-refractivity contribution in [2.24, 2.45) is 0 Å². The lowest BCUT2D eigenvalue weighted by atomic mass is 9.99. The zero-order chi connectivity index (χ0) is 14.7. The molecule has 1 unspecified atom stereocenters. The molecule has 2 rings (SSSR count). The van der Waals surface area contributed by atoms with Crippen LogP contribution < -0.4 is 5.32 Å². The average Bonchev–Trinajstić information content (AvgIpc) is 2.68. The maximum absolute atomic E-state index is 13.7. The average molecular weight is 421 g/mol. The monoisotopic (exact) mass is 419 g/mol. The van der Waals surface area contributed by atoms with Crippen LogP contribution in [0.5, 0.6) is 0 Å². The van der Waals surface area contributed by atoms with Crippen LogP contribution in [0.4, 0.5) is 4.39 Å². The lowest BCUT2D eigenvalue weighted by molar-refractivity contribution is 0.584. The van der Waals surface area contributed by atoms with Gasteiger partial charge in [0, 0.05) is 9.35 Å². The highest BCUT2D eigenvalue weighted by atomic mass is 79.9. The highest BCUT2D eigenvalue weighted by Gasteiger charge is 2.19. The first-order chi connectivity index (χ1) is 9.51. The van der Waals surface area contributed by atoms with E-state index in [1.54, 1.807) is 17.4 Å². The molecule has 108 valence electrons. The van der Waals surface area contributed by atoms with Gasteiger partial charge in [-0.1, -0.05) is 22.9 Å². The standard InChI is InChI=1S/C15H16Br2FNS/c1-3-4-19-15(13-8-14(17)20-9(13)2)10-5-11(16)7-12(18)6-10/h5-8,15,19H,3-4H2,1-2H3. The van der Waals surface area contributed by atoms with Crippen molar-refractivity contribution in [1.82, 2.24) is 5.32 Å². The quantitative estimate of drug-likeness (QED) is 0.643. The third kappa shape index (κ3) is 3.91. The Morgan fingerprint density at radius 2 is 2.00 bits per heavy atom. The molecule has 2 aromatic rings. The van der Waals surface area contributed by atoms with E-state index in [1.807, 2.05) is 6.07 Å². The number of thiophene rings is 1. The Kier molecular flexibility index (Phi) is 5.78. The van der Waals surface area contributed by atoms with Crippen LogP contribution in [-0.4, -0.2) is 6.54 Å². The SMILES string of the molecule is CCCNC(c1cc(F)cc(Br)c1)c1cc(Br)sc1C. The van der Waals surface area contributed by atoms with Crippen LogP contribution >= 0.6 is 43.2 Å². The predicted octanol–water partition coefficient (Wildman–Crippen LogP) is 5.81. The van der Waals surface area contributed by atoms with Crippen LogP contribution in [0.15, 0.2) is 32.5 Å². The summed E-state index contributed by atoms with van der Waals surface area (Å²) in [4.78, 5) is 1.24. The van der Waals surface area contributed by atoms with E-state index in [2.05, 4.69) is 57.1 Å². The second-order valence-corrected chi connectivity index (χ2v) is 8.20. The second-order valence-electron chi connectivity index (χ2n) is 4.65. The Balaban J connectivity index is 2.43. The summed E-state index contributed by atoms with van der Waals surface area (Å²) < 4.78 is 15.5. The van der Waals surface area contributed by atoms with E-state index < -0.39 is 0 Å². The largest absolute Gasteiger partial charge is 0.306 e. The van der Waals surface area contributed by atoms with Gasteiger partial charge in [-0.25, -0.2) is 4.39 Å². The summed E-state index contributed by atoms with van der Waals surface area (Å²) in [5, 5.41) is 3.51. The Hall–Kier alpha value is -0.230. The maximum Gasteiger partial charge on any atom is 0.124 e. The van der Waals surface area contributed by atoms with Gasteiger partial charge in [0.1, 0.15) is 5.82 Å². The zero-order valence-corrected chi connectivity index (χ0v) is 15.3.